The highest BCUT2D eigenvalue weighted by Gasteiger charge is 2.21. The minimum atomic E-state index is -0.260. The maximum atomic E-state index is 13.7. The van der Waals surface area contributed by atoms with Crippen molar-refractivity contribution in [2.24, 2.45) is 0 Å². The van der Waals surface area contributed by atoms with Crippen molar-refractivity contribution in [1.29, 1.82) is 0 Å². The summed E-state index contributed by atoms with van der Waals surface area (Å²) in [7, 11) is 0. The molecule has 1 saturated carbocycles. The van der Waals surface area contributed by atoms with Gasteiger partial charge in [0.1, 0.15) is 11.6 Å². The van der Waals surface area contributed by atoms with E-state index >= 15 is 0 Å². The zero-order valence-electron chi connectivity index (χ0n) is 11.4. The smallest absolute Gasteiger partial charge is 0.223 e. The van der Waals surface area contributed by atoms with Gasteiger partial charge in [-0.15, -0.1) is 0 Å². The van der Waals surface area contributed by atoms with Gasteiger partial charge in [0, 0.05) is 11.5 Å². The van der Waals surface area contributed by atoms with E-state index < -0.39 is 0 Å². The summed E-state index contributed by atoms with van der Waals surface area (Å²) in [5.41, 5.74) is 7.02. The van der Waals surface area contributed by atoms with Gasteiger partial charge >= 0.3 is 0 Å². The first kappa shape index (κ1) is 13.0. The van der Waals surface area contributed by atoms with Crippen LogP contribution >= 0.6 is 0 Å². The molecule has 3 rings (SSSR count). The van der Waals surface area contributed by atoms with Gasteiger partial charge in [-0.3, -0.25) is 0 Å². The van der Waals surface area contributed by atoms with Crippen molar-refractivity contribution < 1.29 is 4.39 Å². The van der Waals surface area contributed by atoms with Crippen LogP contribution in [0.3, 0.4) is 0 Å². The molecule has 1 aromatic heterocycles. The van der Waals surface area contributed by atoms with Gasteiger partial charge in [0.15, 0.2) is 5.82 Å². The summed E-state index contributed by atoms with van der Waals surface area (Å²) in [5, 5.41) is 0. The number of hydrogen-bond donors (Lipinski definition) is 1. The fourth-order valence-electron chi connectivity index (χ4n) is 2.64. The minimum Gasteiger partial charge on any atom is -0.368 e. The Morgan fingerprint density at radius 2 is 1.90 bits per heavy atom. The molecule has 4 nitrogen and oxygen atoms in total. The number of hydrogen-bond acceptors (Lipinski definition) is 4. The Morgan fingerprint density at radius 1 is 1.15 bits per heavy atom. The van der Waals surface area contributed by atoms with E-state index in [1.807, 2.05) is 6.07 Å². The second kappa shape index (κ2) is 5.15. The van der Waals surface area contributed by atoms with Gasteiger partial charge in [0.05, 0.1) is 0 Å². The van der Waals surface area contributed by atoms with E-state index in [-0.39, 0.29) is 11.8 Å². The molecule has 2 aromatic rings. The lowest BCUT2D eigenvalue weighted by atomic mass is 10.1. The summed E-state index contributed by atoms with van der Waals surface area (Å²) < 4.78 is 13.7. The van der Waals surface area contributed by atoms with E-state index in [0.717, 1.165) is 18.7 Å². The van der Waals surface area contributed by atoms with Crippen molar-refractivity contribution in [2.45, 2.75) is 38.5 Å². The molecule has 0 bridgehead atoms. The second-order valence-corrected chi connectivity index (χ2v) is 5.32. The summed E-state index contributed by atoms with van der Waals surface area (Å²) >= 11 is 0. The number of benzene rings is 1. The molecule has 0 atom stereocenters. The Morgan fingerprint density at radius 3 is 2.60 bits per heavy atom. The highest BCUT2D eigenvalue weighted by molar-refractivity contribution is 5.56. The normalized spacial score (nSPS) is 15.7. The minimum absolute atomic E-state index is 0.206. The summed E-state index contributed by atoms with van der Waals surface area (Å²) in [6, 6.07) is 4.98. The Labute approximate surface area is 117 Å². The van der Waals surface area contributed by atoms with E-state index in [4.69, 9.17) is 5.73 Å². The molecule has 0 unspecified atom stereocenters. The molecule has 1 aliphatic rings. The van der Waals surface area contributed by atoms with Gasteiger partial charge in [-0.1, -0.05) is 25.0 Å². The average molecular weight is 272 g/mol. The quantitative estimate of drug-likeness (QED) is 0.911. The molecule has 104 valence electrons. The van der Waals surface area contributed by atoms with E-state index in [1.54, 1.807) is 13.0 Å². The van der Waals surface area contributed by atoms with Gasteiger partial charge < -0.3 is 5.73 Å². The zero-order valence-corrected chi connectivity index (χ0v) is 11.4. The standard InChI is InChI=1S/C15H17FN4/c1-9-6-7-11(8-12(9)16)14-18-13(19-15(17)20-14)10-4-2-3-5-10/h6-8,10H,2-5H2,1H3,(H2,17,18,19,20). The van der Waals surface area contributed by atoms with E-state index in [1.165, 1.54) is 18.9 Å². The molecule has 1 fully saturated rings. The molecule has 0 radical (unpaired) electrons. The van der Waals surface area contributed by atoms with Gasteiger partial charge in [-0.05, 0) is 31.4 Å². The van der Waals surface area contributed by atoms with Gasteiger partial charge in [0.25, 0.3) is 0 Å². The largest absolute Gasteiger partial charge is 0.368 e. The number of halogens is 1. The summed E-state index contributed by atoms with van der Waals surface area (Å²) in [6.07, 6.45) is 4.58. The second-order valence-electron chi connectivity index (χ2n) is 5.32. The Balaban J connectivity index is 2.02. The van der Waals surface area contributed by atoms with Crippen LogP contribution in [0.1, 0.15) is 43.0 Å². The third kappa shape index (κ3) is 2.48. The lowest BCUT2D eigenvalue weighted by molar-refractivity contribution is 0.618. The molecule has 20 heavy (non-hydrogen) atoms. The first-order valence-electron chi connectivity index (χ1n) is 6.91. The van der Waals surface area contributed by atoms with Crippen molar-refractivity contribution in [2.75, 3.05) is 5.73 Å². The fourth-order valence-corrected chi connectivity index (χ4v) is 2.64. The predicted octanol–water partition coefficient (Wildman–Crippen LogP) is 3.23. The summed E-state index contributed by atoms with van der Waals surface area (Å²) in [5.74, 6) is 1.50. The third-order valence-electron chi connectivity index (χ3n) is 3.82. The van der Waals surface area contributed by atoms with Crippen LogP contribution in [0, 0.1) is 12.7 Å². The van der Waals surface area contributed by atoms with Crippen molar-refractivity contribution in [1.82, 2.24) is 15.0 Å². The molecule has 2 N–H and O–H groups in total. The Bertz CT molecular complexity index is 636. The molecule has 1 aliphatic carbocycles. The number of rotatable bonds is 2. The number of nitrogens with two attached hydrogens (primary N) is 1. The monoisotopic (exact) mass is 272 g/mol. The van der Waals surface area contributed by atoms with Crippen molar-refractivity contribution in [3.05, 3.63) is 35.4 Å². The highest BCUT2D eigenvalue weighted by atomic mass is 19.1. The maximum Gasteiger partial charge on any atom is 0.223 e. The molecular formula is C15H17FN4. The molecular weight excluding hydrogens is 255 g/mol. The molecule has 0 aliphatic heterocycles. The number of aromatic nitrogens is 3. The van der Waals surface area contributed by atoms with E-state index in [9.17, 15) is 4.39 Å². The lowest BCUT2D eigenvalue weighted by Crippen LogP contribution is -2.07. The van der Waals surface area contributed by atoms with Gasteiger partial charge in [0.2, 0.25) is 5.95 Å². The molecule has 0 amide bonds. The van der Waals surface area contributed by atoms with Crippen molar-refractivity contribution in [3.8, 4) is 11.4 Å². The van der Waals surface area contributed by atoms with Crippen LogP contribution in [0.5, 0.6) is 0 Å². The predicted molar refractivity (Wildman–Crippen MR) is 75.6 cm³/mol. The average Bonchev–Trinajstić information content (AvgIpc) is 2.95. The molecule has 1 heterocycles. The maximum absolute atomic E-state index is 13.7. The van der Waals surface area contributed by atoms with Crippen LogP contribution < -0.4 is 5.73 Å². The lowest BCUT2D eigenvalue weighted by Gasteiger charge is -2.10. The van der Waals surface area contributed by atoms with Crippen LogP contribution in [-0.2, 0) is 0 Å². The Hall–Kier alpha value is -2.04. The molecule has 5 heteroatoms. The topological polar surface area (TPSA) is 64.7 Å². The number of aryl methyl sites for hydroxylation is 1. The van der Waals surface area contributed by atoms with E-state index in [0.29, 0.717) is 22.9 Å². The number of anilines is 1. The van der Waals surface area contributed by atoms with Crippen molar-refractivity contribution in [3.63, 3.8) is 0 Å². The Kier molecular flexibility index (Phi) is 3.34. The first-order chi connectivity index (χ1) is 9.63. The van der Waals surface area contributed by atoms with Crippen molar-refractivity contribution >= 4 is 5.95 Å². The number of nitrogens with zero attached hydrogens (tertiary/aromatic N) is 3. The van der Waals surface area contributed by atoms with Crippen LogP contribution in [0.2, 0.25) is 0 Å². The summed E-state index contributed by atoms with van der Waals surface area (Å²) in [6.45, 7) is 1.73. The summed E-state index contributed by atoms with van der Waals surface area (Å²) in [4.78, 5) is 12.9. The fraction of sp³-hybridized carbons (Fsp3) is 0.400. The van der Waals surface area contributed by atoms with Gasteiger partial charge in [-0.2, -0.15) is 9.97 Å². The number of nitrogen functional groups attached to an aromatic ring is 1. The first-order valence-corrected chi connectivity index (χ1v) is 6.91. The SMILES string of the molecule is Cc1ccc(-c2nc(N)nc(C3CCCC3)n2)cc1F. The van der Waals surface area contributed by atoms with Crippen LogP contribution in [-0.4, -0.2) is 15.0 Å². The van der Waals surface area contributed by atoms with Crippen LogP contribution in [0.25, 0.3) is 11.4 Å². The highest BCUT2D eigenvalue weighted by Crippen LogP contribution is 2.33. The molecule has 0 saturated heterocycles. The molecule has 0 spiro atoms. The molecule has 1 aromatic carbocycles. The zero-order chi connectivity index (χ0) is 14.1. The van der Waals surface area contributed by atoms with E-state index in [2.05, 4.69) is 15.0 Å². The van der Waals surface area contributed by atoms with Crippen LogP contribution in [0.4, 0.5) is 10.3 Å². The van der Waals surface area contributed by atoms with Crippen LogP contribution in [0.15, 0.2) is 18.2 Å². The van der Waals surface area contributed by atoms with Gasteiger partial charge in [-0.25, -0.2) is 9.37 Å². The third-order valence-corrected chi connectivity index (χ3v) is 3.82.